The number of rotatable bonds is 3. The molecular formula is C16H20O2. The molecule has 1 unspecified atom stereocenters. The normalized spacial score (nSPS) is 23.3. The van der Waals surface area contributed by atoms with E-state index in [1.807, 2.05) is 31.2 Å². The number of Topliss-reactive ketones (excluding diaryl/α,β-unsaturated/α-hetero) is 2. The van der Waals surface area contributed by atoms with E-state index in [-0.39, 0.29) is 18.0 Å². The van der Waals surface area contributed by atoms with Gasteiger partial charge in [0.15, 0.2) is 11.6 Å². The Morgan fingerprint density at radius 1 is 1.22 bits per heavy atom. The Labute approximate surface area is 108 Å². The Balaban J connectivity index is 2.43. The molecule has 0 saturated heterocycles. The highest BCUT2D eigenvalue weighted by molar-refractivity contribution is 6.15. The van der Waals surface area contributed by atoms with E-state index >= 15 is 0 Å². The molecule has 18 heavy (non-hydrogen) atoms. The van der Waals surface area contributed by atoms with Crippen LogP contribution in [0.15, 0.2) is 24.3 Å². The molecule has 2 rings (SSSR count). The van der Waals surface area contributed by atoms with E-state index in [1.165, 1.54) is 0 Å². The number of hydrogen-bond acceptors (Lipinski definition) is 2. The summed E-state index contributed by atoms with van der Waals surface area (Å²) < 4.78 is 0. The van der Waals surface area contributed by atoms with Gasteiger partial charge in [0.25, 0.3) is 0 Å². The summed E-state index contributed by atoms with van der Waals surface area (Å²) in [6.45, 7) is 6.31. The van der Waals surface area contributed by atoms with Crippen LogP contribution < -0.4 is 0 Å². The molecule has 0 aromatic heterocycles. The van der Waals surface area contributed by atoms with E-state index in [0.717, 1.165) is 24.0 Å². The molecule has 1 aliphatic carbocycles. The van der Waals surface area contributed by atoms with Crippen LogP contribution in [0.5, 0.6) is 0 Å². The van der Waals surface area contributed by atoms with Crippen molar-refractivity contribution in [2.24, 2.45) is 5.92 Å². The number of carbonyl (C=O) groups excluding carboxylic acids is 2. The van der Waals surface area contributed by atoms with Gasteiger partial charge in [-0.15, -0.1) is 0 Å². The molecule has 1 aromatic rings. The van der Waals surface area contributed by atoms with E-state index in [2.05, 4.69) is 13.8 Å². The molecule has 2 heteroatoms. The van der Waals surface area contributed by atoms with Gasteiger partial charge in [0.2, 0.25) is 0 Å². The Morgan fingerprint density at radius 2 is 1.89 bits per heavy atom. The number of carbonyl (C=O) groups is 2. The minimum Gasteiger partial charge on any atom is -0.298 e. The highest BCUT2D eigenvalue weighted by atomic mass is 16.2. The molecule has 0 amide bonds. The molecule has 0 saturated carbocycles. The largest absolute Gasteiger partial charge is 0.298 e. The average molecular weight is 244 g/mol. The minimum atomic E-state index is -0.477. The summed E-state index contributed by atoms with van der Waals surface area (Å²) in [4.78, 5) is 24.2. The monoisotopic (exact) mass is 244 g/mol. The summed E-state index contributed by atoms with van der Waals surface area (Å²) in [6.07, 6.45) is 1.89. The summed E-state index contributed by atoms with van der Waals surface area (Å²) in [7, 11) is 0. The molecule has 1 aromatic carbocycles. The predicted molar refractivity (Wildman–Crippen MR) is 71.8 cm³/mol. The van der Waals surface area contributed by atoms with Crippen molar-refractivity contribution in [1.82, 2.24) is 0 Å². The van der Waals surface area contributed by atoms with Crippen LogP contribution in [0.3, 0.4) is 0 Å². The average Bonchev–Trinajstić information content (AvgIpc) is 2.34. The molecule has 0 spiro atoms. The lowest BCUT2D eigenvalue weighted by Gasteiger charge is -2.34. The Kier molecular flexibility index (Phi) is 3.38. The molecule has 1 atom stereocenters. The zero-order valence-electron chi connectivity index (χ0n) is 11.3. The van der Waals surface area contributed by atoms with Crippen LogP contribution >= 0.6 is 0 Å². The highest BCUT2D eigenvalue weighted by Gasteiger charge is 2.41. The number of benzene rings is 1. The third-order valence-corrected chi connectivity index (χ3v) is 3.98. The van der Waals surface area contributed by atoms with E-state index in [1.54, 1.807) is 0 Å². The lowest BCUT2D eigenvalue weighted by atomic mass is 9.67. The number of hydrogen-bond donors (Lipinski definition) is 0. The maximum absolute atomic E-state index is 12.3. The second kappa shape index (κ2) is 4.68. The van der Waals surface area contributed by atoms with Crippen molar-refractivity contribution >= 4 is 11.6 Å². The molecular weight excluding hydrogens is 224 g/mol. The first-order chi connectivity index (χ1) is 8.45. The topological polar surface area (TPSA) is 34.1 Å². The van der Waals surface area contributed by atoms with Gasteiger partial charge in [-0.3, -0.25) is 9.59 Å². The zero-order chi connectivity index (χ0) is 13.3. The summed E-state index contributed by atoms with van der Waals surface area (Å²) >= 11 is 0. The van der Waals surface area contributed by atoms with E-state index < -0.39 is 5.41 Å². The van der Waals surface area contributed by atoms with Gasteiger partial charge in [-0.2, -0.15) is 0 Å². The van der Waals surface area contributed by atoms with Crippen LogP contribution in [0.1, 0.15) is 56.0 Å². The van der Waals surface area contributed by atoms with Gasteiger partial charge >= 0.3 is 0 Å². The van der Waals surface area contributed by atoms with Gasteiger partial charge in [0, 0.05) is 5.56 Å². The van der Waals surface area contributed by atoms with Gasteiger partial charge in [-0.25, -0.2) is 0 Å². The van der Waals surface area contributed by atoms with Crippen molar-refractivity contribution in [1.29, 1.82) is 0 Å². The fourth-order valence-corrected chi connectivity index (χ4v) is 2.65. The third kappa shape index (κ3) is 2.12. The summed E-state index contributed by atoms with van der Waals surface area (Å²) in [5, 5.41) is 0. The lowest BCUT2D eigenvalue weighted by molar-refractivity contribution is -0.123. The molecule has 0 aliphatic heterocycles. The fourth-order valence-electron chi connectivity index (χ4n) is 2.65. The van der Waals surface area contributed by atoms with Gasteiger partial charge < -0.3 is 0 Å². The first kappa shape index (κ1) is 13.0. The maximum Gasteiger partial charge on any atom is 0.170 e. The molecule has 1 aliphatic rings. The van der Waals surface area contributed by atoms with Crippen molar-refractivity contribution in [2.45, 2.75) is 45.4 Å². The number of fused-ring (bicyclic) bond motifs is 1. The molecule has 0 fully saturated rings. The van der Waals surface area contributed by atoms with Crippen molar-refractivity contribution in [3.8, 4) is 0 Å². The smallest absolute Gasteiger partial charge is 0.170 e. The van der Waals surface area contributed by atoms with Crippen molar-refractivity contribution < 1.29 is 9.59 Å². The molecule has 0 heterocycles. The van der Waals surface area contributed by atoms with Crippen molar-refractivity contribution in [3.05, 3.63) is 35.4 Å². The Hall–Kier alpha value is -1.44. The van der Waals surface area contributed by atoms with Crippen LogP contribution in [0.4, 0.5) is 0 Å². The Morgan fingerprint density at radius 3 is 2.56 bits per heavy atom. The van der Waals surface area contributed by atoms with Gasteiger partial charge in [0.1, 0.15) is 0 Å². The summed E-state index contributed by atoms with van der Waals surface area (Å²) in [6, 6.07) is 7.57. The second-order valence-electron chi connectivity index (χ2n) is 5.83. The van der Waals surface area contributed by atoms with Crippen LogP contribution in [0.25, 0.3) is 0 Å². The first-order valence-corrected chi connectivity index (χ1v) is 6.61. The van der Waals surface area contributed by atoms with Crippen molar-refractivity contribution in [2.75, 3.05) is 0 Å². The van der Waals surface area contributed by atoms with E-state index in [9.17, 15) is 9.59 Å². The van der Waals surface area contributed by atoms with E-state index in [4.69, 9.17) is 0 Å². The summed E-state index contributed by atoms with van der Waals surface area (Å²) in [5.41, 5.74) is 1.18. The molecule has 2 nitrogen and oxygen atoms in total. The Bertz CT molecular complexity index is 488. The number of ketones is 2. The maximum atomic E-state index is 12.3. The van der Waals surface area contributed by atoms with Gasteiger partial charge in [0.05, 0.1) is 11.8 Å². The molecule has 0 N–H and O–H groups in total. The third-order valence-electron chi connectivity index (χ3n) is 3.98. The lowest BCUT2D eigenvalue weighted by Crippen LogP contribution is -2.40. The summed E-state index contributed by atoms with van der Waals surface area (Å²) in [5.74, 6) is 0.615. The molecule has 0 bridgehead atoms. The quantitative estimate of drug-likeness (QED) is 0.762. The minimum absolute atomic E-state index is 0.0300. The zero-order valence-corrected chi connectivity index (χ0v) is 11.3. The SMILES string of the molecule is CC(C)CCC1(C)C(=O)CC(=O)c2ccccc21. The van der Waals surface area contributed by atoms with Crippen LogP contribution in [-0.2, 0) is 10.2 Å². The highest BCUT2D eigenvalue weighted by Crippen LogP contribution is 2.38. The van der Waals surface area contributed by atoms with Crippen LogP contribution in [0, 0.1) is 5.92 Å². The van der Waals surface area contributed by atoms with Crippen LogP contribution in [0.2, 0.25) is 0 Å². The first-order valence-electron chi connectivity index (χ1n) is 6.61. The van der Waals surface area contributed by atoms with Crippen LogP contribution in [-0.4, -0.2) is 11.6 Å². The fraction of sp³-hybridized carbons (Fsp3) is 0.500. The molecule has 96 valence electrons. The predicted octanol–water partition coefficient (Wildman–Crippen LogP) is 3.54. The van der Waals surface area contributed by atoms with Gasteiger partial charge in [-0.1, -0.05) is 38.1 Å². The second-order valence-corrected chi connectivity index (χ2v) is 5.83. The molecule has 0 radical (unpaired) electrons. The standard InChI is InChI=1S/C16H20O2/c1-11(2)8-9-16(3)13-7-5-4-6-12(13)14(17)10-15(16)18/h4-7,11H,8-10H2,1-3H3. The van der Waals surface area contributed by atoms with Crippen molar-refractivity contribution in [3.63, 3.8) is 0 Å². The van der Waals surface area contributed by atoms with E-state index in [0.29, 0.717) is 5.92 Å². The van der Waals surface area contributed by atoms with Gasteiger partial charge in [-0.05, 0) is 31.2 Å².